The Bertz CT molecular complexity index is 1230. The molecule has 174 valence electrons. The van der Waals surface area contributed by atoms with E-state index < -0.39 is 0 Å². The van der Waals surface area contributed by atoms with Crippen LogP contribution in [0.25, 0.3) is 0 Å². The van der Waals surface area contributed by atoms with Gasteiger partial charge in [0.25, 0.3) is 0 Å². The molecule has 0 radical (unpaired) electrons. The number of amides is 1. The Hall–Kier alpha value is -3.85. The largest absolute Gasteiger partial charge is 0.495 e. The van der Waals surface area contributed by atoms with E-state index in [1.807, 2.05) is 47.0 Å². The van der Waals surface area contributed by atoms with Crippen molar-refractivity contribution in [2.24, 2.45) is 0 Å². The van der Waals surface area contributed by atoms with E-state index in [9.17, 15) is 9.18 Å². The standard InChI is InChI=1S/C25H24FN5O2S/c1-33-22-10-6-5-9-21(22)28-24(32)17-34-25-30-29-23(15-27-20-13-11-19(26)12-14-20)31(25)16-18-7-3-2-4-8-18/h2-14,27H,15-17H2,1H3,(H,28,32). The summed E-state index contributed by atoms with van der Waals surface area (Å²) in [6.45, 7) is 0.962. The minimum atomic E-state index is -0.289. The van der Waals surface area contributed by atoms with Crippen LogP contribution in [0.4, 0.5) is 15.8 Å². The summed E-state index contributed by atoms with van der Waals surface area (Å²) < 4.78 is 20.5. The normalized spacial score (nSPS) is 10.6. The Morgan fingerprint density at radius 1 is 1.00 bits per heavy atom. The monoisotopic (exact) mass is 477 g/mol. The molecule has 0 saturated heterocycles. The minimum absolute atomic E-state index is 0.163. The topological polar surface area (TPSA) is 81.1 Å². The number of carbonyl (C=O) groups is 1. The Labute approximate surface area is 201 Å². The van der Waals surface area contributed by atoms with Crippen LogP contribution in [-0.4, -0.2) is 33.5 Å². The summed E-state index contributed by atoms with van der Waals surface area (Å²) in [5, 5.41) is 15.4. The van der Waals surface area contributed by atoms with E-state index in [0.29, 0.717) is 35.5 Å². The average molecular weight is 478 g/mol. The maximum absolute atomic E-state index is 13.2. The van der Waals surface area contributed by atoms with Gasteiger partial charge in [-0.3, -0.25) is 4.79 Å². The fourth-order valence-electron chi connectivity index (χ4n) is 3.29. The van der Waals surface area contributed by atoms with E-state index in [1.165, 1.54) is 23.9 Å². The van der Waals surface area contributed by atoms with Crippen LogP contribution < -0.4 is 15.4 Å². The highest BCUT2D eigenvalue weighted by Crippen LogP contribution is 2.24. The van der Waals surface area contributed by atoms with Gasteiger partial charge in [-0.05, 0) is 42.0 Å². The number of nitrogens with one attached hydrogen (secondary N) is 2. The lowest BCUT2D eigenvalue weighted by atomic mass is 10.2. The molecule has 3 aromatic carbocycles. The van der Waals surface area contributed by atoms with Crippen molar-refractivity contribution >= 4 is 29.0 Å². The van der Waals surface area contributed by atoms with Crippen LogP contribution in [0.15, 0.2) is 84.0 Å². The van der Waals surface area contributed by atoms with E-state index in [1.54, 1.807) is 31.4 Å². The maximum Gasteiger partial charge on any atom is 0.234 e. The second-order valence-electron chi connectivity index (χ2n) is 7.37. The van der Waals surface area contributed by atoms with Gasteiger partial charge in [-0.1, -0.05) is 54.2 Å². The van der Waals surface area contributed by atoms with Crippen molar-refractivity contribution in [1.29, 1.82) is 0 Å². The summed E-state index contributed by atoms with van der Waals surface area (Å²) >= 11 is 1.31. The number of thioether (sulfide) groups is 1. The van der Waals surface area contributed by atoms with Crippen LogP contribution in [0.5, 0.6) is 5.75 Å². The van der Waals surface area contributed by atoms with Gasteiger partial charge in [0, 0.05) is 5.69 Å². The molecule has 0 fully saturated rings. The number of methoxy groups -OCH3 is 1. The highest BCUT2D eigenvalue weighted by atomic mass is 32.2. The number of para-hydroxylation sites is 2. The average Bonchev–Trinajstić information content (AvgIpc) is 3.24. The molecule has 2 N–H and O–H groups in total. The second kappa shape index (κ2) is 11.3. The van der Waals surface area contributed by atoms with Crippen molar-refractivity contribution in [3.05, 3.63) is 96.1 Å². The SMILES string of the molecule is COc1ccccc1NC(=O)CSc1nnc(CNc2ccc(F)cc2)n1Cc1ccccc1. The zero-order valence-electron chi connectivity index (χ0n) is 18.6. The van der Waals surface area contributed by atoms with Gasteiger partial charge >= 0.3 is 0 Å². The van der Waals surface area contributed by atoms with Gasteiger partial charge in [0.1, 0.15) is 11.6 Å². The fourth-order valence-corrected chi connectivity index (χ4v) is 4.05. The molecule has 4 rings (SSSR count). The van der Waals surface area contributed by atoms with Crippen molar-refractivity contribution < 1.29 is 13.9 Å². The Kier molecular flexibility index (Phi) is 7.77. The van der Waals surface area contributed by atoms with E-state index in [0.717, 1.165) is 11.3 Å². The molecule has 0 aliphatic heterocycles. The molecule has 1 heterocycles. The van der Waals surface area contributed by atoms with Crippen molar-refractivity contribution in [1.82, 2.24) is 14.8 Å². The molecule has 0 atom stereocenters. The molecule has 7 nitrogen and oxygen atoms in total. The molecular formula is C25H24FN5O2S. The van der Waals surface area contributed by atoms with Crippen molar-refractivity contribution in [3.8, 4) is 5.75 Å². The molecule has 1 aromatic heterocycles. The summed E-state index contributed by atoms with van der Waals surface area (Å²) in [5.41, 5.74) is 2.48. The van der Waals surface area contributed by atoms with Crippen LogP contribution >= 0.6 is 11.8 Å². The molecule has 34 heavy (non-hydrogen) atoms. The van der Waals surface area contributed by atoms with Crippen molar-refractivity contribution in [2.45, 2.75) is 18.2 Å². The highest BCUT2D eigenvalue weighted by molar-refractivity contribution is 7.99. The third-order valence-corrected chi connectivity index (χ3v) is 5.95. The third kappa shape index (κ3) is 6.14. The fraction of sp³-hybridized carbons (Fsp3) is 0.160. The molecule has 0 bridgehead atoms. The number of anilines is 2. The van der Waals surface area contributed by atoms with E-state index in [2.05, 4.69) is 20.8 Å². The van der Waals surface area contributed by atoms with Gasteiger partial charge in [0.2, 0.25) is 5.91 Å². The number of hydrogen-bond donors (Lipinski definition) is 2. The molecule has 4 aromatic rings. The third-order valence-electron chi connectivity index (χ3n) is 4.99. The second-order valence-corrected chi connectivity index (χ2v) is 8.31. The summed E-state index contributed by atoms with van der Waals surface area (Å²) in [5.74, 6) is 1.01. The van der Waals surface area contributed by atoms with E-state index in [4.69, 9.17) is 4.74 Å². The lowest BCUT2D eigenvalue weighted by molar-refractivity contribution is -0.113. The van der Waals surface area contributed by atoms with Gasteiger partial charge in [-0.2, -0.15) is 0 Å². The van der Waals surface area contributed by atoms with Gasteiger partial charge in [-0.25, -0.2) is 4.39 Å². The van der Waals surface area contributed by atoms with Gasteiger partial charge in [0.05, 0.1) is 31.6 Å². The summed E-state index contributed by atoms with van der Waals surface area (Å²) in [4.78, 5) is 12.6. The van der Waals surface area contributed by atoms with Gasteiger partial charge in [-0.15, -0.1) is 10.2 Å². The van der Waals surface area contributed by atoms with Gasteiger partial charge < -0.3 is 19.9 Å². The Morgan fingerprint density at radius 2 is 1.74 bits per heavy atom. The molecule has 0 spiro atoms. The minimum Gasteiger partial charge on any atom is -0.495 e. The smallest absolute Gasteiger partial charge is 0.234 e. The summed E-state index contributed by atoms with van der Waals surface area (Å²) in [7, 11) is 1.56. The Balaban J connectivity index is 1.47. The number of carbonyl (C=O) groups excluding carboxylic acids is 1. The van der Waals surface area contributed by atoms with Crippen LogP contribution in [0.3, 0.4) is 0 Å². The number of aromatic nitrogens is 3. The predicted octanol–water partition coefficient (Wildman–Crippen LogP) is 4.82. The number of hydrogen-bond acceptors (Lipinski definition) is 6. The molecule has 1 amide bonds. The number of halogens is 1. The first-order valence-electron chi connectivity index (χ1n) is 10.6. The predicted molar refractivity (Wildman–Crippen MR) is 132 cm³/mol. The van der Waals surface area contributed by atoms with Gasteiger partial charge in [0.15, 0.2) is 11.0 Å². The summed E-state index contributed by atoms with van der Waals surface area (Å²) in [6, 6.07) is 23.4. The zero-order chi connectivity index (χ0) is 23.8. The van der Waals surface area contributed by atoms with E-state index >= 15 is 0 Å². The van der Waals surface area contributed by atoms with Crippen LogP contribution in [0.2, 0.25) is 0 Å². The molecule has 0 unspecified atom stereocenters. The molecule has 9 heteroatoms. The highest BCUT2D eigenvalue weighted by Gasteiger charge is 2.15. The number of ether oxygens (including phenoxy) is 1. The maximum atomic E-state index is 13.2. The van der Waals surface area contributed by atoms with Crippen molar-refractivity contribution in [2.75, 3.05) is 23.5 Å². The molecule has 0 aliphatic carbocycles. The van der Waals surface area contributed by atoms with E-state index in [-0.39, 0.29) is 17.5 Å². The number of nitrogens with zero attached hydrogens (tertiary/aromatic N) is 3. The lowest BCUT2D eigenvalue weighted by Crippen LogP contribution is -2.16. The quantitative estimate of drug-likeness (QED) is 0.319. The zero-order valence-corrected chi connectivity index (χ0v) is 19.4. The van der Waals surface area contributed by atoms with Crippen molar-refractivity contribution in [3.63, 3.8) is 0 Å². The Morgan fingerprint density at radius 3 is 2.50 bits per heavy atom. The van der Waals surface area contributed by atoms with Crippen LogP contribution in [0.1, 0.15) is 11.4 Å². The first-order valence-corrected chi connectivity index (χ1v) is 11.6. The lowest BCUT2D eigenvalue weighted by Gasteiger charge is -2.12. The molecular weight excluding hydrogens is 453 g/mol. The van der Waals surface area contributed by atoms with Crippen LogP contribution in [0, 0.1) is 5.82 Å². The summed E-state index contributed by atoms with van der Waals surface area (Å²) in [6.07, 6.45) is 0. The number of rotatable bonds is 10. The molecule has 0 saturated carbocycles. The molecule has 0 aliphatic rings. The first kappa shape index (κ1) is 23.3. The first-order chi connectivity index (χ1) is 16.6. The number of benzene rings is 3. The van der Waals surface area contributed by atoms with Crippen LogP contribution in [-0.2, 0) is 17.9 Å².